The van der Waals surface area contributed by atoms with E-state index >= 15 is 0 Å². The number of fused-ring (bicyclic) bond motifs is 1. The lowest BCUT2D eigenvalue weighted by atomic mass is 10.0. The van der Waals surface area contributed by atoms with Gasteiger partial charge in [0.1, 0.15) is 0 Å². The van der Waals surface area contributed by atoms with Crippen molar-refractivity contribution in [3.63, 3.8) is 0 Å². The van der Waals surface area contributed by atoms with Crippen molar-refractivity contribution in [2.24, 2.45) is 5.92 Å². The van der Waals surface area contributed by atoms with Crippen LogP contribution < -0.4 is 5.32 Å². The summed E-state index contributed by atoms with van der Waals surface area (Å²) in [6.45, 7) is 8.32. The summed E-state index contributed by atoms with van der Waals surface area (Å²) in [5.74, 6) is 0.531. The lowest BCUT2D eigenvalue weighted by molar-refractivity contribution is 0.400. The van der Waals surface area contributed by atoms with Gasteiger partial charge >= 0.3 is 0 Å². The van der Waals surface area contributed by atoms with Gasteiger partial charge in [-0.2, -0.15) is 0 Å². The quantitative estimate of drug-likeness (QED) is 0.761. The number of nitrogens with one attached hydrogen (secondary N) is 1. The highest BCUT2D eigenvalue weighted by Crippen LogP contribution is 2.22. The van der Waals surface area contributed by atoms with E-state index < -0.39 is 0 Å². The Morgan fingerprint density at radius 3 is 2.31 bits per heavy atom. The summed E-state index contributed by atoms with van der Waals surface area (Å²) in [7, 11) is 0. The molecule has 1 aliphatic rings. The highest BCUT2D eigenvalue weighted by Gasteiger charge is 2.22. The summed E-state index contributed by atoms with van der Waals surface area (Å²) in [5, 5.41) is 3.71. The maximum atomic E-state index is 3.86. The van der Waals surface area contributed by atoms with Crippen molar-refractivity contribution in [3.8, 4) is 0 Å². The Morgan fingerprint density at radius 1 is 1.25 bits per heavy atom. The lowest BCUT2D eigenvalue weighted by Gasteiger charge is -2.22. The van der Waals surface area contributed by atoms with Crippen LogP contribution in [0.5, 0.6) is 0 Å². The summed E-state index contributed by atoms with van der Waals surface area (Å²) in [4.78, 5) is 0. The monoisotopic (exact) mass is 215 g/mol. The molecule has 0 amide bonds. The molecule has 0 heterocycles. The molecule has 1 nitrogen and oxygen atoms in total. The molecule has 1 N–H and O–H groups in total. The zero-order chi connectivity index (χ0) is 11.5. The van der Waals surface area contributed by atoms with Gasteiger partial charge in [-0.15, -0.1) is 6.58 Å². The van der Waals surface area contributed by atoms with Crippen LogP contribution in [-0.2, 0) is 12.8 Å². The first-order valence-corrected chi connectivity index (χ1v) is 6.16. The second-order valence-electron chi connectivity index (χ2n) is 4.92. The maximum Gasteiger partial charge on any atom is 0.0151 e. The molecule has 0 bridgehead atoms. The first-order chi connectivity index (χ1) is 7.70. The minimum Gasteiger partial charge on any atom is -0.310 e. The van der Waals surface area contributed by atoms with Crippen LogP contribution in [0.2, 0.25) is 0 Å². The van der Waals surface area contributed by atoms with Crippen LogP contribution in [0.15, 0.2) is 36.9 Å². The standard InChI is InChI=1S/C15H21N/c1-4-11(2)12(3)16-15-9-13-7-5-6-8-14(13)10-15/h4-8,11-12,15-16H,1,9-10H2,2-3H3. The molecule has 0 aromatic heterocycles. The number of benzene rings is 1. The highest BCUT2D eigenvalue weighted by molar-refractivity contribution is 5.33. The van der Waals surface area contributed by atoms with Gasteiger partial charge in [0.05, 0.1) is 0 Å². The van der Waals surface area contributed by atoms with Gasteiger partial charge in [0.2, 0.25) is 0 Å². The molecule has 1 heteroatoms. The molecule has 1 aromatic rings. The van der Waals surface area contributed by atoms with Crippen LogP contribution >= 0.6 is 0 Å². The molecule has 16 heavy (non-hydrogen) atoms. The summed E-state index contributed by atoms with van der Waals surface area (Å²) in [6.07, 6.45) is 4.37. The Kier molecular flexibility index (Phi) is 3.45. The third-order valence-corrected chi connectivity index (χ3v) is 3.71. The van der Waals surface area contributed by atoms with E-state index in [4.69, 9.17) is 0 Å². The fraction of sp³-hybridized carbons (Fsp3) is 0.467. The van der Waals surface area contributed by atoms with Gasteiger partial charge in [-0.1, -0.05) is 37.3 Å². The summed E-state index contributed by atoms with van der Waals surface area (Å²) >= 11 is 0. The molecule has 0 radical (unpaired) electrons. The van der Waals surface area contributed by atoms with E-state index in [2.05, 4.69) is 50.0 Å². The molecule has 0 fully saturated rings. The minimum absolute atomic E-state index is 0.511. The second kappa shape index (κ2) is 4.84. The maximum absolute atomic E-state index is 3.86. The number of hydrogen-bond donors (Lipinski definition) is 1. The SMILES string of the molecule is C=CC(C)C(C)NC1Cc2ccccc2C1. The third-order valence-electron chi connectivity index (χ3n) is 3.71. The van der Waals surface area contributed by atoms with E-state index in [1.54, 1.807) is 0 Å². The second-order valence-corrected chi connectivity index (χ2v) is 4.92. The van der Waals surface area contributed by atoms with Gasteiger partial charge in [-0.3, -0.25) is 0 Å². The molecular formula is C15H21N. The van der Waals surface area contributed by atoms with Gasteiger partial charge in [-0.25, -0.2) is 0 Å². The molecule has 86 valence electrons. The van der Waals surface area contributed by atoms with Crippen LogP contribution in [0.1, 0.15) is 25.0 Å². The summed E-state index contributed by atoms with van der Waals surface area (Å²) in [6, 6.07) is 9.89. The molecule has 0 aliphatic heterocycles. The normalized spacial score (nSPS) is 19.1. The van der Waals surface area contributed by atoms with Gasteiger partial charge in [0.25, 0.3) is 0 Å². The average molecular weight is 215 g/mol. The predicted molar refractivity (Wildman–Crippen MR) is 69.6 cm³/mol. The lowest BCUT2D eigenvalue weighted by Crippen LogP contribution is -2.40. The van der Waals surface area contributed by atoms with Crippen molar-refractivity contribution in [1.82, 2.24) is 5.32 Å². The summed E-state index contributed by atoms with van der Waals surface area (Å²) in [5.41, 5.74) is 3.02. The Hall–Kier alpha value is -1.08. The molecule has 0 saturated carbocycles. The first kappa shape index (κ1) is 11.4. The van der Waals surface area contributed by atoms with E-state index in [-0.39, 0.29) is 0 Å². The fourth-order valence-corrected chi connectivity index (χ4v) is 2.40. The Labute approximate surface area is 98.6 Å². The molecule has 2 unspecified atom stereocenters. The van der Waals surface area contributed by atoms with E-state index in [0.29, 0.717) is 18.0 Å². The highest BCUT2D eigenvalue weighted by atomic mass is 15.0. The molecular weight excluding hydrogens is 194 g/mol. The fourth-order valence-electron chi connectivity index (χ4n) is 2.40. The smallest absolute Gasteiger partial charge is 0.0151 e. The van der Waals surface area contributed by atoms with Gasteiger partial charge in [0.15, 0.2) is 0 Å². The van der Waals surface area contributed by atoms with E-state index in [1.165, 1.54) is 24.0 Å². The van der Waals surface area contributed by atoms with Gasteiger partial charge < -0.3 is 5.32 Å². The number of hydrogen-bond acceptors (Lipinski definition) is 1. The molecule has 1 aromatic carbocycles. The minimum atomic E-state index is 0.511. The van der Waals surface area contributed by atoms with E-state index in [9.17, 15) is 0 Å². The first-order valence-electron chi connectivity index (χ1n) is 6.16. The van der Waals surface area contributed by atoms with E-state index in [0.717, 1.165) is 0 Å². The zero-order valence-corrected chi connectivity index (χ0v) is 10.2. The van der Waals surface area contributed by atoms with Crippen LogP contribution in [0.25, 0.3) is 0 Å². The molecule has 0 spiro atoms. The van der Waals surface area contributed by atoms with Crippen LogP contribution in [-0.4, -0.2) is 12.1 Å². The number of rotatable bonds is 4. The van der Waals surface area contributed by atoms with Gasteiger partial charge in [0, 0.05) is 12.1 Å². The molecule has 0 saturated heterocycles. The topological polar surface area (TPSA) is 12.0 Å². The molecule has 2 rings (SSSR count). The third kappa shape index (κ3) is 2.35. The zero-order valence-electron chi connectivity index (χ0n) is 10.2. The average Bonchev–Trinajstić information content (AvgIpc) is 2.69. The molecule has 1 aliphatic carbocycles. The molecule has 2 atom stereocenters. The van der Waals surface area contributed by atoms with Crippen molar-refractivity contribution in [2.45, 2.75) is 38.8 Å². The van der Waals surface area contributed by atoms with Crippen LogP contribution in [0, 0.1) is 5.92 Å². The van der Waals surface area contributed by atoms with Crippen molar-refractivity contribution >= 4 is 0 Å². The van der Waals surface area contributed by atoms with Crippen LogP contribution in [0.4, 0.5) is 0 Å². The van der Waals surface area contributed by atoms with Gasteiger partial charge in [-0.05, 0) is 36.8 Å². The predicted octanol–water partition coefficient (Wildman–Crippen LogP) is 2.95. The largest absolute Gasteiger partial charge is 0.310 e. The van der Waals surface area contributed by atoms with Crippen molar-refractivity contribution in [1.29, 1.82) is 0 Å². The van der Waals surface area contributed by atoms with E-state index in [1.807, 2.05) is 6.08 Å². The Morgan fingerprint density at radius 2 is 1.81 bits per heavy atom. The van der Waals surface area contributed by atoms with Crippen molar-refractivity contribution in [3.05, 3.63) is 48.0 Å². The Balaban J connectivity index is 1.94. The van der Waals surface area contributed by atoms with Crippen molar-refractivity contribution in [2.75, 3.05) is 0 Å². The summed E-state index contributed by atoms with van der Waals surface area (Å²) < 4.78 is 0. The van der Waals surface area contributed by atoms with Crippen LogP contribution in [0.3, 0.4) is 0 Å². The Bertz CT molecular complexity index is 344. The van der Waals surface area contributed by atoms with Crippen molar-refractivity contribution < 1.29 is 0 Å².